The van der Waals surface area contributed by atoms with Crippen molar-refractivity contribution in [3.63, 3.8) is 0 Å². The van der Waals surface area contributed by atoms with Gasteiger partial charge in [0.25, 0.3) is 5.56 Å². The van der Waals surface area contributed by atoms with Gasteiger partial charge in [0.1, 0.15) is 17.7 Å². The van der Waals surface area contributed by atoms with Gasteiger partial charge in [0.05, 0.1) is 16.3 Å². The minimum absolute atomic E-state index is 0.0457. The van der Waals surface area contributed by atoms with Crippen molar-refractivity contribution in [1.82, 2.24) is 4.98 Å². The number of carbonyl (C=O) groups excluding carboxylic acids is 1. The first-order chi connectivity index (χ1) is 8.01. The molecule has 0 aliphatic carbocycles. The monoisotopic (exact) mass is 248 g/mol. The Labute approximate surface area is 101 Å². The number of hydrogen-bond donors (Lipinski definition) is 2. The van der Waals surface area contributed by atoms with Gasteiger partial charge in [0, 0.05) is 0 Å². The van der Waals surface area contributed by atoms with Crippen molar-refractivity contribution in [2.24, 2.45) is 5.73 Å². The second kappa shape index (κ2) is 5.19. The molecule has 0 atom stereocenters. The Morgan fingerprint density at radius 1 is 1.41 bits per heavy atom. The van der Waals surface area contributed by atoms with Crippen LogP contribution in [0.1, 0.15) is 16.7 Å². The summed E-state index contributed by atoms with van der Waals surface area (Å²) in [4.78, 5) is 24.5. The lowest BCUT2D eigenvalue weighted by Crippen LogP contribution is -2.17. The van der Waals surface area contributed by atoms with Crippen molar-refractivity contribution < 1.29 is 4.79 Å². The first-order valence-electron chi connectivity index (χ1n) is 4.49. The maximum atomic E-state index is 11.5. The van der Waals surface area contributed by atoms with Crippen molar-refractivity contribution in [2.75, 3.05) is 5.75 Å². The zero-order valence-corrected chi connectivity index (χ0v) is 9.72. The predicted octanol–water partition coefficient (Wildman–Crippen LogP) is 0.00408. The zero-order valence-electron chi connectivity index (χ0n) is 8.90. The number of nitriles is 2. The number of rotatable bonds is 3. The summed E-state index contributed by atoms with van der Waals surface area (Å²) in [5.41, 5.74) is 4.81. The van der Waals surface area contributed by atoms with E-state index in [1.54, 1.807) is 6.07 Å². The fraction of sp³-hybridized carbons (Fsp3) is 0.200. The van der Waals surface area contributed by atoms with Crippen molar-refractivity contribution in [1.29, 1.82) is 10.5 Å². The van der Waals surface area contributed by atoms with Gasteiger partial charge >= 0.3 is 0 Å². The summed E-state index contributed by atoms with van der Waals surface area (Å²) in [6.07, 6.45) is 0. The number of nitrogens with one attached hydrogen (secondary N) is 1. The van der Waals surface area contributed by atoms with Crippen LogP contribution < -0.4 is 11.3 Å². The summed E-state index contributed by atoms with van der Waals surface area (Å²) in [7, 11) is 0. The van der Waals surface area contributed by atoms with E-state index in [1.165, 1.54) is 6.92 Å². The number of thioether (sulfide) groups is 1. The molecule has 0 aliphatic heterocycles. The zero-order chi connectivity index (χ0) is 13.0. The molecule has 0 aromatic carbocycles. The molecule has 17 heavy (non-hydrogen) atoms. The van der Waals surface area contributed by atoms with Crippen LogP contribution in [0, 0.1) is 29.6 Å². The molecule has 0 spiro atoms. The third-order valence-corrected chi connectivity index (χ3v) is 3.04. The number of nitrogens with zero attached hydrogens (tertiary/aromatic N) is 2. The topological polar surface area (TPSA) is 124 Å². The molecule has 0 fully saturated rings. The molecule has 0 unspecified atom stereocenters. The minimum Gasteiger partial charge on any atom is -0.369 e. The number of aromatic amines is 1. The molecule has 1 aromatic rings. The summed E-state index contributed by atoms with van der Waals surface area (Å²) in [6, 6.07) is 3.63. The van der Waals surface area contributed by atoms with Crippen molar-refractivity contribution in [3.05, 3.63) is 27.0 Å². The standard InChI is InChI=1S/C10H8N4O2S/c1-5-6(2-11)9(16)14-10(7(5)3-12)17-4-8(13)15/h4H2,1H3,(H2,13,15)(H,14,16). The highest BCUT2D eigenvalue weighted by atomic mass is 32.2. The average molecular weight is 248 g/mol. The van der Waals surface area contributed by atoms with E-state index >= 15 is 0 Å². The van der Waals surface area contributed by atoms with Gasteiger partial charge in [-0.15, -0.1) is 0 Å². The van der Waals surface area contributed by atoms with Crippen molar-refractivity contribution in [2.45, 2.75) is 11.9 Å². The lowest BCUT2D eigenvalue weighted by Gasteiger charge is -2.05. The number of aromatic nitrogens is 1. The molecule has 3 N–H and O–H groups in total. The largest absolute Gasteiger partial charge is 0.369 e. The van der Waals surface area contributed by atoms with Crippen LogP contribution >= 0.6 is 11.8 Å². The van der Waals surface area contributed by atoms with E-state index in [0.29, 0.717) is 5.56 Å². The molecule has 1 aromatic heterocycles. The van der Waals surface area contributed by atoms with Crippen LogP contribution in [0.15, 0.2) is 9.82 Å². The molecule has 7 heteroatoms. The van der Waals surface area contributed by atoms with Gasteiger partial charge in [0.2, 0.25) is 5.91 Å². The predicted molar refractivity (Wildman–Crippen MR) is 61.1 cm³/mol. The molecule has 0 aliphatic rings. The quantitative estimate of drug-likeness (QED) is 0.729. The lowest BCUT2D eigenvalue weighted by molar-refractivity contribution is -0.115. The fourth-order valence-corrected chi connectivity index (χ4v) is 2.01. The second-order valence-corrected chi connectivity index (χ2v) is 4.12. The van der Waals surface area contributed by atoms with E-state index in [4.69, 9.17) is 16.3 Å². The van der Waals surface area contributed by atoms with E-state index in [-0.39, 0.29) is 21.9 Å². The maximum absolute atomic E-state index is 11.5. The molecule has 0 radical (unpaired) electrons. The first-order valence-corrected chi connectivity index (χ1v) is 5.48. The highest BCUT2D eigenvalue weighted by Gasteiger charge is 2.14. The van der Waals surface area contributed by atoms with Gasteiger partial charge < -0.3 is 10.7 Å². The molecule has 0 bridgehead atoms. The summed E-state index contributed by atoms with van der Waals surface area (Å²) in [5.74, 6) is -0.600. The third kappa shape index (κ3) is 2.65. The number of amides is 1. The van der Waals surface area contributed by atoms with Crippen LogP contribution in [0.25, 0.3) is 0 Å². The number of pyridine rings is 1. The minimum atomic E-state index is -0.573. The molecule has 0 saturated heterocycles. The maximum Gasteiger partial charge on any atom is 0.267 e. The number of nitrogens with two attached hydrogens (primary N) is 1. The summed E-state index contributed by atoms with van der Waals surface area (Å²) in [6.45, 7) is 1.51. The Morgan fingerprint density at radius 2 is 2.00 bits per heavy atom. The molecule has 1 rings (SSSR count). The average Bonchev–Trinajstić information content (AvgIpc) is 2.26. The smallest absolute Gasteiger partial charge is 0.267 e. The summed E-state index contributed by atoms with van der Waals surface area (Å²) >= 11 is 0.965. The first kappa shape index (κ1) is 12.8. The van der Waals surface area contributed by atoms with E-state index in [1.807, 2.05) is 6.07 Å². The Hall–Kier alpha value is -2.25. The van der Waals surface area contributed by atoms with Gasteiger partial charge in [-0.1, -0.05) is 11.8 Å². The van der Waals surface area contributed by atoms with Crippen LogP contribution in [0.5, 0.6) is 0 Å². The highest BCUT2D eigenvalue weighted by molar-refractivity contribution is 7.99. The lowest BCUT2D eigenvalue weighted by atomic mass is 10.1. The molecule has 6 nitrogen and oxygen atoms in total. The van der Waals surface area contributed by atoms with Crippen molar-refractivity contribution in [3.8, 4) is 12.1 Å². The van der Waals surface area contributed by atoms with Crippen molar-refractivity contribution >= 4 is 17.7 Å². The number of primary amides is 1. The molecular formula is C10H8N4O2S. The number of H-pyrrole nitrogens is 1. The molecule has 1 heterocycles. The van der Waals surface area contributed by atoms with Crippen LogP contribution in [-0.2, 0) is 4.79 Å². The van der Waals surface area contributed by atoms with Crippen LogP contribution in [-0.4, -0.2) is 16.6 Å². The SMILES string of the molecule is Cc1c(C#N)c(SCC(N)=O)[nH]c(=O)c1C#N. The summed E-state index contributed by atoms with van der Waals surface area (Å²) < 4.78 is 0. The third-order valence-electron chi connectivity index (χ3n) is 2.01. The normalized spacial score (nSPS) is 9.35. The Balaban J connectivity index is 3.34. The number of carbonyl (C=O) groups is 1. The Bertz CT molecular complexity index is 606. The van der Waals surface area contributed by atoms with E-state index in [0.717, 1.165) is 11.8 Å². The van der Waals surface area contributed by atoms with Crippen LogP contribution in [0.4, 0.5) is 0 Å². The molecular weight excluding hydrogens is 240 g/mol. The second-order valence-electron chi connectivity index (χ2n) is 3.14. The van der Waals surface area contributed by atoms with Gasteiger partial charge in [-0.2, -0.15) is 10.5 Å². The van der Waals surface area contributed by atoms with Gasteiger partial charge in [-0.3, -0.25) is 9.59 Å². The highest BCUT2D eigenvalue weighted by Crippen LogP contribution is 2.21. The molecule has 1 amide bonds. The van der Waals surface area contributed by atoms with Gasteiger partial charge in [-0.25, -0.2) is 0 Å². The fourth-order valence-electron chi connectivity index (χ4n) is 1.21. The molecule has 86 valence electrons. The van der Waals surface area contributed by atoms with Gasteiger partial charge in [-0.05, 0) is 12.5 Å². The van der Waals surface area contributed by atoms with Crippen LogP contribution in [0.3, 0.4) is 0 Å². The summed E-state index contributed by atoms with van der Waals surface area (Å²) in [5, 5.41) is 18.0. The van der Waals surface area contributed by atoms with E-state index in [9.17, 15) is 9.59 Å². The van der Waals surface area contributed by atoms with E-state index < -0.39 is 11.5 Å². The molecule has 0 saturated carbocycles. The van der Waals surface area contributed by atoms with Crippen LogP contribution in [0.2, 0.25) is 0 Å². The van der Waals surface area contributed by atoms with Gasteiger partial charge in [0.15, 0.2) is 0 Å². The number of hydrogen-bond acceptors (Lipinski definition) is 5. The van der Waals surface area contributed by atoms with E-state index in [2.05, 4.69) is 4.98 Å². The Morgan fingerprint density at radius 3 is 2.47 bits per heavy atom. The Kier molecular flexibility index (Phi) is 3.91.